The molecule has 3 N–H and O–H groups in total. The molecule has 15 heavy (non-hydrogen) atoms. The van der Waals surface area contributed by atoms with Crippen molar-refractivity contribution in [2.45, 2.75) is 37.3 Å². The van der Waals surface area contributed by atoms with Crippen molar-refractivity contribution in [1.82, 2.24) is 0 Å². The van der Waals surface area contributed by atoms with E-state index in [4.69, 9.17) is 17.3 Å². The number of halogens is 1. The Morgan fingerprint density at radius 1 is 1.27 bits per heavy atom. The summed E-state index contributed by atoms with van der Waals surface area (Å²) in [7, 11) is 0. The zero-order valence-electron chi connectivity index (χ0n) is 8.83. The van der Waals surface area contributed by atoms with Gasteiger partial charge in [0.1, 0.15) is 0 Å². The molecule has 1 aromatic rings. The number of benzene rings is 1. The van der Waals surface area contributed by atoms with Crippen molar-refractivity contribution in [3.8, 4) is 0 Å². The van der Waals surface area contributed by atoms with E-state index in [9.17, 15) is 5.11 Å². The van der Waals surface area contributed by atoms with E-state index < -0.39 is 11.1 Å². The number of nitrogens with two attached hydrogens (primary N) is 1. The van der Waals surface area contributed by atoms with Crippen LogP contribution in [-0.2, 0) is 5.54 Å². The molecule has 0 aliphatic heterocycles. The van der Waals surface area contributed by atoms with Crippen LogP contribution < -0.4 is 5.73 Å². The fraction of sp³-hybridized carbons (Fsp3) is 0.500. The summed E-state index contributed by atoms with van der Waals surface area (Å²) in [5.74, 6) is 0. The zero-order valence-corrected chi connectivity index (χ0v) is 9.59. The van der Waals surface area contributed by atoms with E-state index in [1.807, 2.05) is 31.2 Å². The summed E-state index contributed by atoms with van der Waals surface area (Å²) in [5, 5.41) is 10.7. The van der Waals surface area contributed by atoms with Crippen LogP contribution in [0.5, 0.6) is 0 Å². The van der Waals surface area contributed by atoms with Crippen molar-refractivity contribution < 1.29 is 5.11 Å². The van der Waals surface area contributed by atoms with E-state index >= 15 is 0 Å². The van der Waals surface area contributed by atoms with Crippen LogP contribution in [0.15, 0.2) is 24.3 Å². The average molecular weight is 226 g/mol. The Bertz CT molecular complexity index is 360. The Hall–Kier alpha value is -0.570. The molecule has 2 atom stereocenters. The van der Waals surface area contributed by atoms with Crippen LogP contribution in [0.2, 0.25) is 5.02 Å². The molecule has 2 rings (SSSR count). The van der Waals surface area contributed by atoms with Gasteiger partial charge >= 0.3 is 0 Å². The van der Waals surface area contributed by atoms with Crippen molar-refractivity contribution in [3.05, 3.63) is 34.9 Å². The first-order valence-corrected chi connectivity index (χ1v) is 5.56. The van der Waals surface area contributed by atoms with Gasteiger partial charge in [-0.2, -0.15) is 0 Å². The predicted molar refractivity (Wildman–Crippen MR) is 61.8 cm³/mol. The molecule has 82 valence electrons. The molecule has 2 unspecified atom stereocenters. The lowest BCUT2D eigenvalue weighted by Gasteiger charge is -2.26. The first-order valence-electron chi connectivity index (χ1n) is 5.19. The van der Waals surface area contributed by atoms with Gasteiger partial charge in [-0.15, -0.1) is 0 Å². The highest BCUT2D eigenvalue weighted by Crippen LogP contribution is 2.42. The lowest BCUT2D eigenvalue weighted by atomic mass is 9.88. The number of hydrogen-bond acceptors (Lipinski definition) is 2. The zero-order chi connectivity index (χ0) is 11.1. The molecule has 1 aliphatic rings. The second-order valence-corrected chi connectivity index (χ2v) is 5.27. The van der Waals surface area contributed by atoms with E-state index in [1.54, 1.807) is 0 Å². The van der Waals surface area contributed by atoms with Crippen molar-refractivity contribution in [1.29, 1.82) is 0 Å². The summed E-state index contributed by atoms with van der Waals surface area (Å²) >= 11 is 5.83. The van der Waals surface area contributed by atoms with Gasteiger partial charge in [-0.25, -0.2) is 0 Å². The number of aliphatic hydroxyl groups is 1. The van der Waals surface area contributed by atoms with Gasteiger partial charge in [0, 0.05) is 10.6 Å². The standard InChI is InChI=1S/C12H16ClNO/c1-11(15)6-7-12(14,8-11)9-2-4-10(13)5-3-9/h2-5,15H,6-8,14H2,1H3. The third kappa shape index (κ3) is 2.17. The summed E-state index contributed by atoms with van der Waals surface area (Å²) in [6.07, 6.45) is 2.19. The third-order valence-electron chi connectivity index (χ3n) is 3.23. The van der Waals surface area contributed by atoms with Crippen molar-refractivity contribution in [2.75, 3.05) is 0 Å². The molecule has 0 bridgehead atoms. The highest BCUT2D eigenvalue weighted by atomic mass is 35.5. The molecule has 1 fully saturated rings. The van der Waals surface area contributed by atoms with Gasteiger partial charge < -0.3 is 10.8 Å². The van der Waals surface area contributed by atoms with Gasteiger partial charge in [0.2, 0.25) is 0 Å². The lowest BCUT2D eigenvalue weighted by molar-refractivity contribution is 0.0611. The smallest absolute Gasteiger partial charge is 0.0641 e. The van der Waals surface area contributed by atoms with Crippen molar-refractivity contribution >= 4 is 11.6 Å². The summed E-state index contributed by atoms with van der Waals surface area (Å²) in [6.45, 7) is 1.84. The molecule has 0 amide bonds. The highest BCUT2D eigenvalue weighted by Gasteiger charge is 2.42. The molecular weight excluding hydrogens is 210 g/mol. The molecule has 0 radical (unpaired) electrons. The topological polar surface area (TPSA) is 46.2 Å². The highest BCUT2D eigenvalue weighted by molar-refractivity contribution is 6.30. The maximum absolute atomic E-state index is 9.94. The van der Waals surface area contributed by atoms with Crippen LogP contribution in [0.25, 0.3) is 0 Å². The molecule has 0 spiro atoms. The maximum atomic E-state index is 9.94. The fourth-order valence-electron chi connectivity index (χ4n) is 2.38. The Morgan fingerprint density at radius 2 is 1.87 bits per heavy atom. The first-order chi connectivity index (χ1) is 6.91. The first kappa shape index (κ1) is 10.9. The minimum absolute atomic E-state index is 0.395. The Kier molecular flexibility index (Phi) is 2.53. The monoisotopic (exact) mass is 225 g/mol. The average Bonchev–Trinajstić information content (AvgIpc) is 2.43. The molecule has 0 heterocycles. The maximum Gasteiger partial charge on any atom is 0.0641 e. The van der Waals surface area contributed by atoms with E-state index in [1.165, 1.54) is 0 Å². The van der Waals surface area contributed by atoms with Gasteiger partial charge in [-0.1, -0.05) is 23.7 Å². The summed E-state index contributed by atoms with van der Waals surface area (Å²) in [6, 6.07) is 7.59. The van der Waals surface area contributed by atoms with Crippen LogP contribution in [0.3, 0.4) is 0 Å². The minimum atomic E-state index is -0.631. The van der Waals surface area contributed by atoms with E-state index in [0.717, 1.165) is 18.4 Å². The quantitative estimate of drug-likeness (QED) is 0.771. The van der Waals surface area contributed by atoms with Gasteiger partial charge in [0.25, 0.3) is 0 Å². The van der Waals surface area contributed by atoms with Gasteiger partial charge in [-0.05, 0) is 43.9 Å². The fourth-order valence-corrected chi connectivity index (χ4v) is 2.50. The van der Waals surface area contributed by atoms with E-state index in [-0.39, 0.29) is 0 Å². The number of rotatable bonds is 1. The molecule has 1 aromatic carbocycles. The second-order valence-electron chi connectivity index (χ2n) is 4.84. The molecule has 1 aliphatic carbocycles. The second kappa shape index (κ2) is 3.48. The van der Waals surface area contributed by atoms with Crippen molar-refractivity contribution in [3.63, 3.8) is 0 Å². The van der Waals surface area contributed by atoms with E-state index in [2.05, 4.69) is 0 Å². The number of hydrogen-bond donors (Lipinski definition) is 2. The Balaban J connectivity index is 2.27. The Labute approximate surface area is 95.1 Å². The van der Waals surface area contributed by atoms with Crippen LogP contribution in [0.1, 0.15) is 31.7 Å². The SMILES string of the molecule is CC1(O)CCC(N)(c2ccc(Cl)cc2)C1. The predicted octanol–water partition coefficient (Wildman–Crippen LogP) is 2.43. The lowest BCUT2D eigenvalue weighted by Crippen LogP contribution is -2.36. The van der Waals surface area contributed by atoms with Crippen LogP contribution >= 0.6 is 11.6 Å². The summed E-state index contributed by atoms with van der Waals surface area (Å²) in [5.41, 5.74) is 6.34. The molecule has 0 saturated heterocycles. The normalized spacial score (nSPS) is 35.7. The van der Waals surface area contributed by atoms with Crippen molar-refractivity contribution in [2.24, 2.45) is 5.73 Å². The minimum Gasteiger partial charge on any atom is -0.390 e. The van der Waals surface area contributed by atoms with Crippen LogP contribution in [0.4, 0.5) is 0 Å². The van der Waals surface area contributed by atoms with Gasteiger partial charge in [-0.3, -0.25) is 0 Å². The van der Waals surface area contributed by atoms with Gasteiger partial charge in [0.15, 0.2) is 0 Å². The summed E-state index contributed by atoms with van der Waals surface area (Å²) < 4.78 is 0. The van der Waals surface area contributed by atoms with Crippen LogP contribution in [0, 0.1) is 0 Å². The largest absolute Gasteiger partial charge is 0.390 e. The Morgan fingerprint density at radius 3 is 2.33 bits per heavy atom. The molecular formula is C12H16ClNO. The molecule has 2 nitrogen and oxygen atoms in total. The van der Waals surface area contributed by atoms with Crippen LogP contribution in [-0.4, -0.2) is 10.7 Å². The van der Waals surface area contributed by atoms with Gasteiger partial charge in [0.05, 0.1) is 5.60 Å². The summed E-state index contributed by atoms with van der Waals surface area (Å²) in [4.78, 5) is 0. The molecule has 0 aromatic heterocycles. The van der Waals surface area contributed by atoms with E-state index in [0.29, 0.717) is 11.4 Å². The third-order valence-corrected chi connectivity index (χ3v) is 3.48. The molecule has 1 saturated carbocycles. The molecule has 3 heteroatoms.